The molecule has 3 aromatic rings. The van der Waals surface area contributed by atoms with Crippen molar-refractivity contribution < 1.29 is 0 Å². The maximum absolute atomic E-state index is 4.42. The number of benzene rings is 1. The van der Waals surface area contributed by atoms with Crippen molar-refractivity contribution in [3.05, 3.63) is 50.6 Å². The van der Waals surface area contributed by atoms with E-state index in [-0.39, 0.29) is 0 Å². The van der Waals surface area contributed by atoms with Crippen molar-refractivity contribution in [2.24, 2.45) is 0 Å². The molecule has 0 radical (unpaired) electrons. The van der Waals surface area contributed by atoms with E-state index in [9.17, 15) is 0 Å². The van der Waals surface area contributed by atoms with Crippen LogP contribution in [0.5, 0.6) is 0 Å². The summed E-state index contributed by atoms with van der Waals surface area (Å²) in [6, 6.07) is 12.5. The minimum atomic E-state index is 1.05. The van der Waals surface area contributed by atoms with Crippen LogP contribution in [0.1, 0.15) is 0 Å². The van der Waals surface area contributed by atoms with Crippen LogP contribution in [0.25, 0.3) is 20.7 Å². The Labute approximate surface area is 125 Å². The summed E-state index contributed by atoms with van der Waals surface area (Å²) < 4.78 is 3.58. The van der Waals surface area contributed by atoms with Gasteiger partial charge in [-0.25, -0.2) is 0 Å². The van der Waals surface area contributed by atoms with Crippen LogP contribution in [-0.2, 0) is 0 Å². The van der Waals surface area contributed by atoms with Gasteiger partial charge in [-0.1, -0.05) is 18.2 Å². The van der Waals surface area contributed by atoms with Crippen LogP contribution in [0.2, 0.25) is 0 Å². The van der Waals surface area contributed by atoms with Gasteiger partial charge in [0, 0.05) is 15.3 Å². The molecule has 3 rings (SSSR count). The maximum atomic E-state index is 4.42. The molecule has 0 fully saturated rings. The summed E-state index contributed by atoms with van der Waals surface area (Å²) in [7, 11) is 0. The lowest BCUT2D eigenvalue weighted by Crippen LogP contribution is -1.79. The summed E-state index contributed by atoms with van der Waals surface area (Å²) in [4.78, 5) is 5.67. The summed E-state index contributed by atoms with van der Waals surface area (Å²) in [5, 5.41) is 0. The van der Waals surface area contributed by atoms with E-state index in [1.807, 2.05) is 12.3 Å². The average Bonchev–Trinajstić information content (AvgIpc) is 2.68. The fraction of sp³-hybridized carbons (Fsp3) is 0. The van der Waals surface area contributed by atoms with E-state index < -0.39 is 0 Å². The number of pyridine rings is 1. The quantitative estimate of drug-likeness (QED) is 0.489. The summed E-state index contributed by atoms with van der Waals surface area (Å²) in [6.07, 6.45) is 1.83. The van der Waals surface area contributed by atoms with Gasteiger partial charge in [-0.2, -0.15) is 0 Å². The topological polar surface area (TPSA) is 12.9 Å². The molecule has 0 saturated heterocycles. The van der Waals surface area contributed by atoms with E-state index in [0.717, 1.165) is 9.99 Å². The third-order valence-electron chi connectivity index (χ3n) is 2.51. The zero-order chi connectivity index (χ0) is 11.8. The Morgan fingerprint density at radius 1 is 1.12 bits per heavy atom. The molecule has 17 heavy (non-hydrogen) atoms. The molecule has 0 aliphatic rings. The molecule has 2 heterocycles. The Bertz CT molecular complexity index is 693. The number of hydrogen-bond donors (Lipinski definition) is 0. The highest BCUT2D eigenvalue weighted by molar-refractivity contribution is 14.1. The molecule has 4 heteroatoms. The van der Waals surface area contributed by atoms with Crippen LogP contribution < -0.4 is 0 Å². The molecule has 0 aliphatic carbocycles. The number of halogens is 2. The van der Waals surface area contributed by atoms with Crippen molar-refractivity contribution in [1.82, 2.24) is 4.98 Å². The molecule has 0 saturated carbocycles. The van der Waals surface area contributed by atoms with Gasteiger partial charge in [0.1, 0.15) is 0 Å². The van der Waals surface area contributed by atoms with E-state index >= 15 is 0 Å². The largest absolute Gasteiger partial charge is 0.254 e. The molecule has 1 nitrogen and oxygen atoms in total. The average molecular weight is 416 g/mol. The summed E-state index contributed by atoms with van der Waals surface area (Å²) in [5.41, 5.74) is 2.31. The lowest BCUT2D eigenvalue weighted by Gasteiger charge is -2.01. The van der Waals surface area contributed by atoms with Crippen molar-refractivity contribution in [3.63, 3.8) is 0 Å². The summed E-state index contributed by atoms with van der Waals surface area (Å²) in [5.74, 6) is 0. The third kappa shape index (κ3) is 2.02. The van der Waals surface area contributed by atoms with Crippen molar-refractivity contribution in [2.75, 3.05) is 0 Å². The molecule has 1 aromatic carbocycles. The fourth-order valence-corrected chi connectivity index (χ4v) is 4.55. The van der Waals surface area contributed by atoms with Crippen LogP contribution in [-0.4, -0.2) is 4.98 Å². The van der Waals surface area contributed by atoms with Gasteiger partial charge in [0.25, 0.3) is 0 Å². The fourth-order valence-electron chi connectivity index (χ4n) is 1.72. The first-order valence-corrected chi connectivity index (χ1v) is 7.74. The van der Waals surface area contributed by atoms with Crippen molar-refractivity contribution >= 4 is 60.1 Å². The first-order valence-electron chi connectivity index (χ1n) is 5.05. The van der Waals surface area contributed by atoms with Gasteiger partial charge >= 0.3 is 0 Å². The molecule has 0 bridgehead atoms. The van der Waals surface area contributed by atoms with E-state index in [4.69, 9.17) is 0 Å². The Morgan fingerprint density at radius 3 is 2.71 bits per heavy atom. The number of nitrogens with zero attached hydrogens (tertiary/aromatic N) is 1. The van der Waals surface area contributed by atoms with Crippen LogP contribution in [0, 0.1) is 3.57 Å². The molecule has 0 amide bonds. The van der Waals surface area contributed by atoms with E-state index in [1.54, 1.807) is 11.3 Å². The normalized spacial score (nSPS) is 10.9. The lowest BCUT2D eigenvalue weighted by molar-refractivity contribution is 1.42. The Kier molecular flexibility index (Phi) is 3.19. The molecule has 0 aliphatic heterocycles. The van der Waals surface area contributed by atoms with Gasteiger partial charge in [0.2, 0.25) is 0 Å². The highest BCUT2D eigenvalue weighted by atomic mass is 127. The van der Waals surface area contributed by atoms with Gasteiger partial charge in [0.05, 0.1) is 19.6 Å². The molecule has 0 N–H and O–H groups in total. The molecule has 84 valence electrons. The molecule has 0 atom stereocenters. The van der Waals surface area contributed by atoms with Gasteiger partial charge < -0.3 is 0 Å². The second-order valence-electron chi connectivity index (χ2n) is 3.58. The standard InChI is InChI=1S/C13H7BrINS/c14-11-12-10(6-3-7-16-12)17-13(11)8-4-1-2-5-9(8)15/h1-7H. The zero-order valence-electron chi connectivity index (χ0n) is 8.65. The minimum absolute atomic E-state index is 1.05. The Hall–Kier alpha value is -0.460. The van der Waals surface area contributed by atoms with Gasteiger partial charge in [-0.15, -0.1) is 11.3 Å². The van der Waals surface area contributed by atoms with Crippen LogP contribution in [0.3, 0.4) is 0 Å². The first-order chi connectivity index (χ1) is 8.27. The van der Waals surface area contributed by atoms with Crippen molar-refractivity contribution in [2.45, 2.75) is 0 Å². The number of fused-ring (bicyclic) bond motifs is 1. The van der Waals surface area contributed by atoms with Gasteiger partial charge in [0.15, 0.2) is 0 Å². The predicted octanol–water partition coefficient (Wildman–Crippen LogP) is 5.33. The molecule has 2 aromatic heterocycles. The highest BCUT2D eigenvalue weighted by Crippen LogP contribution is 2.42. The molecule has 0 spiro atoms. The second kappa shape index (κ2) is 4.66. The lowest BCUT2D eigenvalue weighted by atomic mass is 10.2. The van der Waals surface area contributed by atoms with E-state index in [1.165, 1.54) is 18.7 Å². The Morgan fingerprint density at radius 2 is 1.94 bits per heavy atom. The molecular weight excluding hydrogens is 409 g/mol. The third-order valence-corrected chi connectivity index (χ3v) is 5.66. The second-order valence-corrected chi connectivity index (χ2v) is 6.58. The minimum Gasteiger partial charge on any atom is -0.254 e. The van der Waals surface area contributed by atoms with Crippen molar-refractivity contribution in [3.8, 4) is 10.4 Å². The number of rotatable bonds is 1. The Balaban J connectivity index is 2.32. The monoisotopic (exact) mass is 415 g/mol. The molecule has 0 unspecified atom stereocenters. The van der Waals surface area contributed by atoms with E-state index in [2.05, 4.69) is 73.8 Å². The SMILES string of the molecule is Brc1c(-c2ccccc2I)sc2cccnc12. The van der Waals surface area contributed by atoms with Gasteiger partial charge in [-0.3, -0.25) is 4.98 Å². The predicted molar refractivity (Wildman–Crippen MR) is 85.5 cm³/mol. The summed E-state index contributed by atoms with van der Waals surface area (Å²) in [6.45, 7) is 0. The van der Waals surface area contributed by atoms with Gasteiger partial charge in [-0.05, 0) is 56.7 Å². The van der Waals surface area contributed by atoms with E-state index in [0.29, 0.717) is 0 Å². The summed E-state index contributed by atoms with van der Waals surface area (Å²) >= 11 is 7.81. The maximum Gasteiger partial charge on any atom is 0.0958 e. The number of thiophene rings is 1. The number of hydrogen-bond acceptors (Lipinski definition) is 2. The first kappa shape index (κ1) is 11.6. The van der Waals surface area contributed by atoms with Crippen molar-refractivity contribution in [1.29, 1.82) is 0 Å². The smallest absolute Gasteiger partial charge is 0.0958 e. The molecular formula is C13H7BrINS. The van der Waals surface area contributed by atoms with Crippen LogP contribution in [0.4, 0.5) is 0 Å². The number of aromatic nitrogens is 1. The zero-order valence-corrected chi connectivity index (χ0v) is 13.2. The highest BCUT2D eigenvalue weighted by Gasteiger charge is 2.13. The van der Waals surface area contributed by atoms with Crippen LogP contribution in [0.15, 0.2) is 47.1 Å². The van der Waals surface area contributed by atoms with Crippen LogP contribution >= 0.6 is 49.9 Å².